The van der Waals surface area contributed by atoms with Gasteiger partial charge in [-0.05, 0) is 58.1 Å². The Bertz CT molecular complexity index is 1480. The van der Waals surface area contributed by atoms with Gasteiger partial charge in [-0.1, -0.05) is 24.8 Å². The van der Waals surface area contributed by atoms with Gasteiger partial charge in [-0.3, -0.25) is 14.6 Å². The Labute approximate surface area is 254 Å². The number of likely N-dealkylation sites (N-methyl/N-ethyl adjacent to an activating group) is 2. The predicted octanol–water partition coefficient (Wildman–Crippen LogP) is 3.81. The maximum atomic E-state index is 12.5. The van der Waals surface area contributed by atoms with E-state index < -0.39 is 6.04 Å². The van der Waals surface area contributed by atoms with E-state index in [9.17, 15) is 9.59 Å². The summed E-state index contributed by atoms with van der Waals surface area (Å²) in [4.78, 5) is 41.8. The van der Waals surface area contributed by atoms with Crippen molar-refractivity contribution >= 4 is 40.2 Å². The van der Waals surface area contributed by atoms with Gasteiger partial charge in [0.1, 0.15) is 17.6 Å². The van der Waals surface area contributed by atoms with Crippen LogP contribution in [0.25, 0.3) is 10.9 Å². The quantitative estimate of drug-likeness (QED) is 0.147. The van der Waals surface area contributed by atoms with Crippen LogP contribution < -0.4 is 20.7 Å². The van der Waals surface area contributed by atoms with E-state index in [1.807, 2.05) is 43.3 Å². The van der Waals surface area contributed by atoms with Crippen LogP contribution in [-0.4, -0.2) is 90.5 Å². The Morgan fingerprint density at radius 3 is 2.67 bits per heavy atom. The highest BCUT2D eigenvalue weighted by atomic mass is 16.5. The number of nitrogens with zero attached hydrogens (tertiary/aromatic N) is 5. The molecule has 11 nitrogen and oxygen atoms in total. The van der Waals surface area contributed by atoms with Gasteiger partial charge in [0.25, 0.3) is 0 Å². The molecule has 11 heteroatoms. The molecule has 2 amide bonds. The SMILES string of the molecule is CCCNc1nc(Nc2cnc3ccc(OC)cc3c2)ncc1C#CCCCNC(=O)[C@H](C)N(C)C(=O)C=CCN(C)C. The lowest BCUT2D eigenvalue weighted by Gasteiger charge is -2.23. The van der Waals surface area contributed by atoms with Crippen LogP contribution >= 0.6 is 0 Å². The van der Waals surface area contributed by atoms with E-state index in [-0.39, 0.29) is 11.8 Å². The van der Waals surface area contributed by atoms with Gasteiger partial charge in [0, 0.05) is 44.6 Å². The Balaban J connectivity index is 1.55. The number of carbonyl (C=O) groups is 2. The molecule has 43 heavy (non-hydrogen) atoms. The fraction of sp³-hybridized carbons (Fsp3) is 0.406. The van der Waals surface area contributed by atoms with Crippen LogP contribution in [0.5, 0.6) is 5.75 Å². The Morgan fingerprint density at radius 1 is 1.12 bits per heavy atom. The van der Waals surface area contributed by atoms with E-state index in [1.54, 1.807) is 39.6 Å². The highest BCUT2D eigenvalue weighted by Crippen LogP contribution is 2.23. The second-order valence-corrected chi connectivity index (χ2v) is 10.3. The molecule has 0 saturated carbocycles. The van der Waals surface area contributed by atoms with E-state index in [1.165, 1.54) is 11.0 Å². The van der Waals surface area contributed by atoms with E-state index in [2.05, 4.69) is 49.7 Å². The normalized spacial score (nSPS) is 11.6. The number of anilines is 3. The summed E-state index contributed by atoms with van der Waals surface area (Å²) < 4.78 is 5.32. The third-order valence-corrected chi connectivity index (χ3v) is 6.52. The summed E-state index contributed by atoms with van der Waals surface area (Å²) in [6, 6.07) is 7.12. The summed E-state index contributed by atoms with van der Waals surface area (Å²) in [5, 5.41) is 10.4. The average molecular weight is 587 g/mol. The van der Waals surface area contributed by atoms with Gasteiger partial charge in [-0.15, -0.1) is 0 Å². The van der Waals surface area contributed by atoms with E-state index in [4.69, 9.17) is 4.74 Å². The van der Waals surface area contributed by atoms with Crippen molar-refractivity contribution in [1.29, 1.82) is 0 Å². The number of fused-ring (bicyclic) bond motifs is 1. The molecule has 1 aromatic carbocycles. The second-order valence-electron chi connectivity index (χ2n) is 10.3. The van der Waals surface area contributed by atoms with Crippen molar-refractivity contribution < 1.29 is 14.3 Å². The molecule has 0 bridgehead atoms. The third-order valence-electron chi connectivity index (χ3n) is 6.52. The molecule has 3 aromatic rings. The van der Waals surface area contributed by atoms with Crippen molar-refractivity contribution in [3.63, 3.8) is 0 Å². The lowest BCUT2D eigenvalue weighted by atomic mass is 10.2. The lowest BCUT2D eigenvalue weighted by Crippen LogP contribution is -2.45. The molecule has 0 radical (unpaired) electrons. The zero-order valence-corrected chi connectivity index (χ0v) is 25.9. The number of hydrogen-bond donors (Lipinski definition) is 3. The number of methoxy groups -OCH3 is 1. The van der Waals surface area contributed by atoms with E-state index >= 15 is 0 Å². The summed E-state index contributed by atoms with van der Waals surface area (Å²) in [5.74, 6) is 7.74. The molecular formula is C32H42N8O3. The van der Waals surface area contributed by atoms with Crippen molar-refractivity contribution in [2.75, 3.05) is 58.5 Å². The molecule has 3 N–H and O–H groups in total. The summed E-state index contributed by atoms with van der Waals surface area (Å²) in [6.07, 6.45) is 8.89. The third kappa shape index (κ3) is 10.3. The summed E-state index contributed by atoms with van der Waals surface area (Å²) in [6.45, 7) is 5.66. The molecule has 0 spiro atoms. The van der Waals surface area contributed by atoms with Crippen LogP contribution in [0.1, 0.15) is 38.7 Å². The smallest absolute Gasteiger partial charge is 0.246 e. The molecule has 1 atom stereocenters. The van der Waals surface area contributed by atoms with Gasteiger partial charge in [0.2, 0.25) is 17.8 Å². The van der Waals surface area contributed by atoms with Crippen molar-refractivity contribution in [2.45, 2.75) is 39.2 Å². The monoisotopic (exact) mass is 586 g/mol. The van der Waals surface area contributed by atoms with Crippen LogP contribution in [0.15, 0.2) is 48.8 Å². The van der Waals surface area contributed by atoms with Crippen LogP contribution in [-0.2, 0) is 9.59 Å². The first kappa shape index (κ1) is 32.8. The first-order valence-corrected chi connectivity index (χ1v) is 14.4. The largest absolute Gasteiger partial charge is 0.497 e. The summed E-state index contributed by atoms with van der Waals surface area (Å²) in [7, 11) is 7.11. The van der Waals surface area contributed by atoms with Crippen LogP contribution in [0, 0.1) is 11.8 Å². The van der Waals surface area contributed by atoms with Gasteiger partial charge >= 0.3 is 0 Å². The molecule has 0 aliphatic rings. The minimum Gasteiger partial charge on any atom is -0.497 e. The van der Waals surface area contributed by atoms with Gasteiger partial charge in [0.05, 0.1) is 36.3 Å². The molecule has 0 aliphatic carbocycles. The molecular weight excluding hydrogens is 544 g/mol. The van der Waals surface area contributed by atoms with Gasteiger partial charge in [-0.25, -0.2) is 4.98 Å². The maximum absolute atomic E-state index is 12.5. The number of carbonyl (C=O) groups excluding carboxylic acids is 2. The number of nitrogens with one attached hydrogen (secondary N) is 3. The highest BCUT2D eigenvalue weighted by Gasteiger charge is 2.20. The number of pyridine rings is 1. The lowest BCUT2D eigenvalue weighted by molar-refractivity contribution is -0.135. The molecule has 0 saturated heterocycles. The highest BCUT2D eigenvalue weighted by molar-refractivity contribution is 5.92. The zero-order valence-electron chi connectivity index (χ0n) is 25.9. The van der Waals surface area contributed by atoms with Gasteiger partial charge in [0.15, 0.2) is 0 Å². The van der Waals surface area contributed by atoms with Crippen molar-refractivity contribution in [3.05, 3.63) is 54.4 Å². The zero-order chi connectivity index (χ0) is 31.2. The first-order valence-electron chi connectivity index (χ1n) is 14.4. The Hall–Kier alpha value is -4.69. The second kappa shape index (κ2) is 16.7. The number of aromatic nitrogens is 3. The van der Waals surface area contributed by atoms with E-state index in [0.29, 0.717) is 43.3 Å². The average Bonchev–Trinajstić information content (AvgIpc) is 3.00. The van der Waals surface area contributed by atoms with Crippen LogP contribution in [0.2, 0.25) is 0 Å². The number of amides is 2. The fourth-order valence-electron chi connectivity index (χ4n) is 3.89. The number of ether oxygens (including phenoxy) is 1. The number of unbranched alkanes of at least 4 members (excludes halogenated alkanes) is 1. The topological polar surface area (TPSA) is 125 Å². The molecule has 0 unspecified atom stereocenters. The van der Waals surface area contributed by atoms with E-state index in [0.717, 1.165) is 35.3 Å². The number of benzene rings is 1. The van der Waals surface area contributed by atoms with Crippen molar-refractivity contribution in [3.8, 4) is 17.6 Å². The Kier molecular flexibility index (Phi) is 12.7. The summed E-state index contributed by atoms with van der Waals surface area (Å²) in [5.41, 5.74) is 2.32. The number of hydrogen-bond acceptors (Lipinski definition) is 9. The first-order chi connectivity index (χ1) is 20.7. The van der Waals surface area contributed by atoms with Gasteiger partial charge < -0.3 is 30.5 Å². The molecule has 2 heterocycles. The van der Waals surface area contributed by atoms with Crippen LogP contribution in [0.4, 0.5) is 17.5 Å². The fourth-order valence-corrected chi connectivity index (χ4v) is 3.89. The molecule has 0 aliphatic heterocycles. The minimum atomic E-state index is -0.577. The molecule has 2 aromatic heterocycles. The Morgan fingerprint density at radius 2 is 1.93 bits per heavy atom. The molecule has 0 fully saturated rings. The molecule has 3 rings (SSSR count). The predicted molar refractivity (Wildman–Crippen MR) is 171 cm³/mol. The van der Waals surface area contributed by atoms with Crippen molar-refractivity contribution in [2.24, 2.45) is 0 Å². The number of rotatable bonds is 14. The molecule has 228 valence electrons. The van der Waals surface area contributed by atoms with Crippen LogP contribution in [0.3, 0.4) is 0 Å². The maximum Gasteiger partial charge on any atom is 0.246 e. The minimum absolute atomic E-state index is 0.201. The van der Waals surface area contributed by atoms with Crippen molar-refractivity contribution in [1.82, 2.24) is 30.1 Å². The van der Waals surface area contributed by atoms with Gasteiger partial charge in [-0.2, -0.15) is 4.98 Å². The summed E-state index contributed by atoms with van der Waals surface area (Å²) >= 11 is 0. The standard InChI is InChI=1S/C32H42N8O3/c1-7-16-33-30-24(12-9-8-10-17-34-31(42)23(2)40(5)29(41)13-11-18-39(3)4)21-36-32(38-30)37-26-19-25-20-27(43-6)14-15-28(25)35-22-26/h11,13-15,19-23H,7-8,10,16-18H2,1-6H3,(H,34,42)(H2,33,36,37,38)/t23-/m0/s1.